The molecule has 0 aliphatic heterocycles. The van der Waals surface area contributed by atoms with Gasteiger partial charge in [0.15, 0.2) is 0 Å². The van der Waals surface area contributed by atoms with E-state index in [-0.39, 0.29) is 11.2 Å². The number of carbonyl (C=O) groups is 1. The number of rotatable bonds is 6. The molecule has 0 bridgehead atoms. The summed E-state index contributed by atoms with van der Waals surface area (Å²) in [4.78, 5) is 11.0. The van der Waals surface area contributed by atoms with Crippen molar-refractivity contribution in [1.82, 2.24) is 0 Å². The van der Waals surface area contributed by atoms with E-state index in [0.29, 0.717) is 13.0 Å². The Morgan fingerprint density at radius 1 is 1.10 bits per heavy atom. The maximum atomic E-state index is 11.0. The third-order valence-corrected chi connectivity index (χ3v) is 3.36. The minimum absolute atomic E-state index is 0.0920. The topological polar surface area (TPSA) is 26.3 Å². The molecule has 1 atom stereocenters. The molecule has 2 aromatic carbocycles. The molecule has 3 heteroatoms. The molecule has 0 N–H and O–H groups in total. The molecule has 0 saturated heterocycles. The SMILES string of the molecule is CC(=O)CC(Cl)c1ccc(OCc2ccccc2)cc1. The largest absolute Gasteiger partial charge is 0.489 e. The summed E-state index contributed by atoms with van der Waals surface area (Å²) < 4.78 is 5.70. The number of alkyl halides is 1. The van der Waals surface area contributed by atoms with Gasteiger partial charge in [-0.1, -0.05) is 42.5 Å². The van der Waals surface area contributed by atoms with Gasteiger partial charge in [-0.15, -0.1) is 11.6 Å². The number of benzene rings is 2. The lowest BCUT2D eigenvalue weighted by atomic mass is 10.1. The second kappa shape index (κ2) is 7.11. The number of Topliss-reactive ketones (excluding diaryl/α,β-unsaturated/α-hetero) is 1. The minimum atomic E-state index is -0.268. The average molecular weight is 289 g/mol. The van der Waals surface area contributed by atoms with E-state index in [1.54, 1.807) is 6.92 Å². The molecule has 2 aromatic rings. The van der Waals surface area contributed by atoms with Gasteiger partial charge < -0.3 is 4.74 Å². The van der Waals surface area contributed by atoms with E-state index in [1.165, 1.54) is 0 Å². The van der Waals surface area contributed by atoms with Crippen LogP contribution >= 0.6 is 11.6 Å². The highest BCUT2D eigenvalue weighted by Gasteiger charge is 2.10. The average Bonchev–Trinajstić information content (AvgIpc) is 2.46. The molecule has 2 rings (SSSR count). The summed E-state index contributed by atoms with van der Waals surface area (Å²) in [5.41, 5.74) is 2.07. The van der Waals surface area contributed by atoms with Crippen LogP contribution in [-0.4, -0.2) is 5.78 Å². The molecule has 0 aliphatic carbocycles. The highest BCUT2D eigenvalue weighted by molar-refractivity contribution is 6.21. The molecular formula is C17H17ClO2. The Balaban J connectivity index is 1.93. The zero-order valence-electron chi connectivity index (χ0n) is 11.4. The summed E-state index contributed by atoms with van der Waals surface area (Å²) >= 11 is 6.16. The van der Waals surface area contributed by atoms with Crippen molar-refractivity contribution in [3.63, 3.8) is 0 Å². The van der Waals surface area contributed by atoms with Crippen molar-refractivity contribution in [3.05, 3.63) is 65.7 Å². The normalized spacial score (nSPS) is 11.9. The van der Waals surface area contributed by atoms with E-state index in [9.17, 15) is 4.79 Å². The van der Waals surface area contributed by atoms with E-state index in [2.05, 4.69) is 0 Å². The van der Waals surface area contributed by atoms with Crippen LogP contribution in [0.1, 0.15) is 29.8 Å². The fourth-order valence-corrected chi connectivity index (χ4v) is 2.25. The first-order valence-corrected chi connectivity index (χ1v) is 6.99. The number of ether oxygens (including phenoxy) is 1. The first-order chi connectivity index (χ1) is 9.65. The van der Waals surface area contributed by atoms with Crippen molar-refractivity contribution >= 4 is 17.4 Å². The number of hydrogen-bond acceptors (Lipinski definition) is 2. The quantitative estimate of drug-likeness (QED) is 0.730. The zero-order valence-corrected chi connectivity index (χ0v) is 12.1. The van der Waals surface area contributed by atoms with Crippen molar-refractivity contribution in [2.75, 3.05) is 0 Å². The standard InChI is InChI=1S/C17H17ClO2/c1-13(19)11-17(18)15-7-9-16(10-8-15)20-12-14-5-3-2-4-6-14/h2-10,17H,11-12H2,1H3. The van der Waals surface area contributed by atoms with Crippen LogP contribution in [0.5, 0.6) is 5.75 Å². The first-order valence-electron chi connectivity index (χ1n) is 6.55. The van der Waals surface area contributed by atoms with E-state index in [1.807, 2.05) is 54.6 Å². The molecule has 0 aliphatic rings. The molecule has 0 aromatic heterocycles. The third-order valence-electron chi connectivity index (χ3n) is 2.96. The Morgan fingerprint density at radius 3 is 2.35 bits per heavy atom. The van der Waals surface area contributed by atoms with Crippen LogP contribution in [-0.2, 0) is 11.4 Å². The molecule has 0 amide bonds. The van der Waals surface area contributed by atoms with Crippen molar-refractivity contribution in [1.29, 1.82) is 0 Å². The number of carbonyl (C=O) groups excluding carboxylic acids is 1. The lowest BCUT2D eigenvalue weighted by Crippen LogP contribution is -1.99. The van der Waals surface area contributed by atoms with Gasteiger partial charge in [0.25, 0.3) is 0 Å². The highest BCUT2D eigenvalue weighted by Crippen LogP contribution is 2.26. The summed E-state index contributed by atoms with van der Waals surface area (Å²) in [6.45, 7) is 2.09. The molecule has 2 nitrogen and oxygen atoms in total. The summed E-state index contributed by atoms with van der Waals surface area (Å²) in [5, 5.41) is -0.268. The van der Waals surface area contributed by atoms with Crippen LogP contribution in [0, 0.1) is 0 Å². The number of halogens is 1. The van der Waals surface area contributed by atoms with Crippen LogP contribution in [0.25, 0.3) is 0 Å². The Kier molecular flexibility index (Phi) is 5.19. The minimum Gasteiger partial charge on any atom is -0.489 e. The van der Waals surface area contributed by atoms with E-state index in [4.69, 9.17) is 16.3 Å². The molecule has 0 radical (unpaired) electrons. The summed E-state index contributed by atoms with van der Waals surface area (Å²) in [6.07, 6.45) is 0.353. The van der Waals surface area contributed by atoms with Crippen molar-refractivity contribution in [2.24, 2.45) is 0 Å². The van der Waals surface area contributed by atoms with Gasteiger partial charge in [0.05, 0.1) is 5.38 Å². The second-order valence-corrected chi connectivity index (χ2v) is 5.24. The zero-order chi connectivity index (χ0) is 14.4. The molecule has 0 fully saturated rings. The van der Waals surface area contributed by atoms with Crippen LogP contribution in [0.15, 0.2) is 54.6 Å². The lowest BCUT2D eigenvalue weighted by molar-refractivity contribution is -0.117. The molecular weight excluding hydrogens is 272 g/mol. The second-order valence-electron chi connectivity index (χ2n) is 4.72. The number of ketones is 1. The van der Waals surface area contributed by atoms with Crippen molar-refractivity contribution < 1.29 is 9.53 Å². The molecule has 0 heterocycles. The van der Waals surface area contributed by atoms with Crippen LogP contribution < -0.4 is 4.74 Å². The van der Waals surface area contributed by atoms with Crippen molar-refractivity contribution in [2.45, 2.75) is 25.3 Å². The van der Waals surface area contributed by atoms with Gasteiger partial charge in [-0.2, -0.15) is 0 Å². The third kappa shape index (κ3) is 4.39. The van der Waals surface area contributed by atoms with Crippen molar-refractivity contribution in [3.8, 4) is 5.75 Å². The molecule has 0 saturated carbocycles. The molecule has 1 unspecified atom stereocenters. The fraction of sp³-hybridized carbons (Fsp3) is 0.235. The van der Waals surface area contributed by atoms with E-state index in [0.717, 1.165) is 16.9 Å². The van der Waals surface area contributed by atoms with Crippen LogP contribution in [0.2, 0.25) is 0 Å². The smallest absolute Gasteiger partial charge is 0.131 e. The maximum absolute atomic E-state index is 11.0. The maximum Gasteiger partial charge on any atom is 0.131 e. The Bertz CT molecular complexity index is 549. The van der Waals surface area contributed by atoms with Gasteiger partial charge in [-0.05, 0) is 30.2 Å². The van der Waals surface area contributed by atoms with Crippen LogP contribution in [0.3, 0.4) is 0 Å². The summed E-state index contributed by atoms with van der Waals surface area (Å²) in [7, 11) is 0. The molecule has 20 heavy (non-hydrogen) atoms. The Hall–Kier alpha value is -1.80. The summed E-state index contributed by atoms with van der Waals surface area (Å²) in [6, 6.07) is 17.6. The predicted molar refractivity (Wildman–Crippen MR) is 81.1 cm³/mol. The van der Waals surface area contributed by atoms with Gasteiger partial charge in [-0.25, -0.2) is 0 Å². The van der Waals surface area contributed by atoms with Gasteiger partial charge in [0.1, 0.15) is 18.1 Å². The number of hydrogen-bond donors (Lipinski definition) is 0. The van der Waals surface area contributed by atoms with E-state index >= 15 is 0 Å². The molecule has 104 valence electrons. The van der Waals surface area contributed by atoms with Crippen LogP contribution in [0.4, 0.5) is 0 Å². The van der Waals surface area contributed by atoms with Gasteiger partial charge in [-0.3, -0.25) is 4.79 Å². The fourth-order valence-electron chi connectivity index (χ4n) is 1.88. The summed E-state index contributed by atoms with van der Waals surface area (Å²) in [5.74, 6) is 0.888. The van der Waals surface area contributed by atoms with Gasteiger partial charge >= 0.3 is 0 Å². The monoisotopic (exact) mass is 288 g/mol. The van der Waals surface area contributed by atoms with Gasteiger partial charge in [0.2, 0.25) is 0 Å². The Morgan fingerprint density at radius 2 is 1.75 bits per heavy atom. The Labute approximate surface area is 124 Å². The predicted octanol–water partition coefficient (Wildman–Crippen LogP) is 4.52. The highest BCUT2D eigenvalue weighted by atomic mass is 35.5. The van der Waals surface area contributed by atoms with E-state index < -0.39 is 0 Å². The van der Waals surface area contributed by atoms with Gasteiger partial charge in [0, 0.05) is 6.42 Å². The lowest BCUT2D eigenvalue weighted by Gasteiger charge is -2.10. The molecule has 0 spiro atoms. The first kappa shape index (κ1) is 14.6.